The van der Waals surface area contributed by atoms with E-state index in [9.17, 15) is 4.79 Å². The number of likely N-dealkylation sites (tertiary alicyclic amines) is 1. The molecule has 5 heteroatoms. The summed E-state index contributed by atoms with van der Waals surface area (Å²) in [7, 11) is 0. The van der Waals surface area contributed by atoms with Crippen molar-refractivity contribution < 1.29 is 4.79 Å². The summed E-state index contributed by atoms with van der Waals surface area (Å²) in [5.41, 5.74) is 4.13. The average molecular weight is 396 g/mol. The van der Waals surface area contributed by atoms with Crippen molar-refractivity contribution in [1.82, 2.24) is 9.91 Å². The number of hydrogen-bond donors (Lipinski definition) is 0. The fourth-order valence-electron chi connectivity index (χ4n) is 4.18. The molecule has 2 aliphatic heterocycles. The van der Waals surface area contributed by atoms with Crippen LogP contribution in [-0.2, 0) is 4.79 Å². The molecule has 0 spiro atoms. The molecule has 2 aromatic carbocycles. The number of aryl methyl sites for hydroxylation is 1. The van der Waals surface area contributed by atoms with Gasteiger partial charge in [0.25, 0.3) is 5.91 Å². The van der Waals surface area contributed by atoms with E-state index in [1.807, 2.05) is 36.4 Å². The molecule has 0 N–H and O–H groups in total. The van der Waals surface area contributed by atoms with Crippen LogP contribution in [0.2, 0.25) is 5.02 Å². The number of carbonyl (C=O) groups excluding carboxylic acids is 1. The predicted octanol–water partition coefficient (Wildman–Crippen LogP) is 4.81. The van der Waals surface area contributed by atoms with Crippen LogP contribution in [-0.4, -0.2) is 41.2 Å². The van der Waals surface area contributed by atoms with Gasteiger partial charge in [-0.1, -0.05) is 60.5 Å². The quantitative estimate of drug-likeness (QED) is 0.744. The fraction of sp³-hybridized carbons (Fsp3) is 0.391. The minimum atomic E-state index is -0.0789. The van der Waals surface area contributed by atoms with Gasteiger partial charge in [-0.3, -0.25) is 9.69 Å². The molecule has 1 fully saturated rings. The zero-order valence-corrected chi connectivity index (χ0v) is 17.0. The molecular weight excluding hydrogens is 370 g/mol. The maximum atomic E-state index is 13.2. The van der Waals surface area contributed by atoms with E-state index in [-0.39, 0.29) is 11.9 Å². The molecule has 0 radical (unpaired) electrons. The van der Waals surface area contributed by atoms with E-state index in [1.165, 1.54) is 24.8 Å². The van der Waals surface area contributed by atoms with Crippen molar-refractivity contribution in [3.8, 4) is 0 Å². The topological polar surface area (TPSA) is 35.9 Å². The van der Waals surface area contributed by atoms with Gasteiger partial charge in [-0.2, -0.15) is 5.10 Å². The van der Waals surface area contributed by atoms with E-state index < -0.39 is 0 Å². The van der Waals surface area contributed by atoms with Gasteiger partial charge < -0.3 is 0 Å². The zero-order valence-electron chi connectivity index (χ0n) is 16.3. The van der Waals surface area contributed by atoms with Crippen LogP contribution in [0.5, 0.6) is 0 Å². The molecule has 146 valence electrons. The molecule has 2 aliphatic rings. The van der Waals surface area contributed by atoms with Crippen molar-refractivity contribution >= 4 is 23.2 Å². The Balaban J connectivity index is 1.64. The lowest BCUT2D eigenvalue weighted by molar-refractivity contribution is -0.134. The largest absolute Gasteiger partial charge is 0.294 e. The Labute approximate surface area is 171 Å². The number of halogens is 1. The lowest BCUT2D eigenvalue weighted by Gasteiger charge is -2.29. The normalized spacial score (nSPS) is 20.3. The molecular formula is C23H26ClN3O. The second-order valence-electron chi connectivity index (χ2n) is 7.68. The SMILES string of the molecule is Cc1ccccc1[C@@H]1CC(c2ccccc2Cl)=NN1C(=O)CN1CCCCC1. The van der Waals surface area contributed by atoms with Crippen molar-refractivity contribution in [3.63, 3.8) is 0 Å². The second kappa shape index (κ2) is 8.46. The van der Waals surface area contributed by atoms with Gasteiger partial charge in [0.05, 0.1) is 18.3 Å². The molecule has 4 nitrogen and oxygen atoms in total. The Hall–Kier alpha value is -2.17. The van der Waals surface area contributed by atoms with Gasteiger partial charge in [0.1, 0.15) is 0 Å². The Morgan fingerprint density at radius 2 is 1.79 bits per heavy atom. The number of amides is 1. The van der Waals surface area contributed by atoms with E-state index in [1.54, 1.807) is 5.01 Å². The summed E-state index contributed by atoms with van der Waals surface area (Å²) < 4.78 is 0. The predicted molar refractivity (Wildman–Crippen MR) is 114 cm³/mol. The maximum Gasteiger partial charge on any atom is 0.257 e. The first kappa shape index (κ1) is 19.2. The number of rotatable bonds is 4. The Bertz CT molecular complexity index is 889. The fourth-order valence-corrected chi connectivity index (χ4v) is 4.43. The second-order valence-corrected chi connectivity index (χ2v) is 8.09. The van der Waals surface area contributed by atoms with E-state index in [0.717, 1.165) is 29.9 Å². The van der Waals surface area contributed by atoms with Crippen LogP contribution < -0.4 is 0 Å². The van der Waals surface area contributed by atoms with E-state index in [2.05, 4.69) is 24.0 Å². The van der Waals surface area contributed by atoms with E-state index in [0.29, 0.717) is 18.0 Å². The van der Waals surface area contributed by atoms with E-state index >= 15 is 0 Å². The summed E-state index contributed by atoms with van der Waals surface area (Å²) in [6.07, 6.45) is 4.28. The third kappa shape index (κ3) is 3.98. The van der Waals surface area contributed by atoms with E-state index in [4.69, 9.17) is 16.7 Å². The first-order valence-electron chi connectivity index (χ1n) is 10.1. The molecule has 2 heterocycles. The summed E-state index contributed by atoms with van der Waals surface area (Å²) in [5.74, 6) is 0.0669. The molecule has 1 saturated heterocycles. The lowest BCUT2D eigenvalue weighted by atomic mass is 9.95. The maximum absolute atomic E-state index is 13.2. The van der Waals surface area contributed by atoms with Crippen LogP contribution in [0.4, 0.5) is 0 Å². The van der Waals surface area contributed by atoms with Crippen LogP contribution in [0.1, 0.15) is 48.4 Å². The minimum Gasteiger partial charge on any atom is -0.294 e. The van der Waals surface area contributed by atoms with Crippen LogP contribution >= 0.6 is 11.6 Å². The number of benzene rings is 2. The van der Waals surface area contributed by atoms with Gasteiger partial charge in [0, 0.05) is 17.0 Å². The Morgan fingerprint density at radius 3 is 2.54 bits per heavy atom. The summed E-state index contributed by atoms with van der Waals surface area (Å²) in [5, 5.41) is 7.15. The number of hydrogen-bond acceptors (Lipinski definition) is 3. The van der Waals surface area contributed by atoms with Crippen molar-refractivity contribution in [2.75, 3.05) is 19.6 Å². The van der Waals surface area contributed by atoms with Gasteiger partial charge >= 0.3 is 0 Å². The lowest BCUT2D eigenvalue weighted by Crippen LogP contribution is -2.40. The Kier molecular flexibility index (Phi) is 5.79. The monoisotopic (exact) mass is 395 g/mol. The minimum absolute atomic E-state index is 0.0669. The number of nitrogens with zero attached hydrogens (tertiary/aromatic N) is 3. The molecule has 1 amide bonds. The molecule has 0 aromatic heterocycles. The van der Waals surface area contributed by atoms with Crippen molar-refractivity contribution in [2.45, 2.75) is 38.6 Å². The smallest absolute Gasteiger partial charge is 0.257 e. The highest BCUT2D eigenvalue weighted by Crippen LogP contribution is 2.35. The average Bonchev–Trinajstić information content (AvgIpc) is 3.14. The molecule has 4 rings (SSSR count). The Morgan fingerprint density at radius 1 is 1.07 bits per heavy atom. The molecule has 2 aromatic rings. The summed E-state index contributed by atoms with van der Waals surface area (Å²) in [6, 6.07) is 15.9. The van der Waals surface area contributed by atoms with Gasteiger partial charge in [-0.25, -0.2) is 5.01 Å². The van der Waals surface area contributed by atoms with Crippen molar-refractivity contribution in [2.24, 2.45) is 5.10 Å². The number of carbonyl (C=O) groups is 1. The van der Waals surface area contributed by atoms with Crippen molar-refractivity contribution in [3.05, 3.63) is 70.2 Å². The highest BCUT2D eigenvalue weighted by Gasteiger charge is 2.35. The van der Waals surface area contributed by atoms with Crippen LogP contribution in [0.25, 0.3) is 0 Å². The van der Waals surface area contributed by atoms with Crippen molar-refractivity contribution in [1.29, 1.82) is 0 Å². The highest BCUT2D eigenvalue weighted by atomic mass is 35.5. The summed E-state index contributed by atoms with van der Waals surface area (Å²) in [6.45, 7) is 4.52. The van der Waals surface area contributed by atoms with Crippen LogP contribution in [0.3, 0.4) is 0 Å². The molecule has 0 unspecified atom stereocenters. The molecule has 0 bridgehead atoms. The van der Waals surface area contributed by atoms with Gasteiger partial charge in [0.2, 0.25) is 0 Å². The zero-order chi connectivity index (χ0) is 19.5. The van der Waals surface area contributed by atoms with Crippen LogP contribution in [0, 0.1) is 6.92 Å². The molecule has 0 saturated carbocycles. The third-order valence-corrected chi connectivity index (χ3v) is 6.04. The number of piperidine rings is 1. The van der Waals surface area contributed by atoms with Gasteiger partial charge in [-0.05, 0) is 50.0 Å². The number of hydrazone groups is 1. The molecule has 0 aliphatic carbocycles. The highest BCUT2D eigenvalue weighted by molar-refractivity contribution is 6.34. The van der Waals surface area contributed by atoms with Crippen LogP contribution in [0.15, 0.2) is 53.6 Å². The third-order valence-electron chi connectivity index (χ3n) is 5.71. The summed E-state index contributed by atoms with van der Waals surface area (Å²) >= 11 is 6.42. The molecule has 28 heavy (non-hydrogen) atoms. The van der Waals surface area contributed by atoms with Gasteiger partial charge in [0.15, 0.2) is 0 Å². The first-order chi connectivity index (χ1) is 13.6. The molecule has 1 atom stereocenters. The standard InChI is InChI=1S/C23H26ClN3O/c1-17-9-3-4-10-18(17)22-15-21(19-11-5-6-12-20(19)24)25-27(22)23(28)16-26-13-7-2-8-14-26/h3-6,9-12,22H,2,7-8,13-16H2,1H3/t22-/m0/s1. The van der Waals surface area contributed by atoms with Gasteiger partial charge in [-0.15, -0.1) is 0 Å². The first-order valence-corrected chi connectivity index (χ1v) is 10.4. The summed E-state index contributed by atoms with van der Waals surface area (Å²) in [4.78, 5) is 15.5.